The lowest BCUT2D eigenvalue weighted by Crippen LogP contribution is -2.46. The number of ether oxygens (including phenoxy) is 1. The van der Waals surface area contributed by atoms with Gasteiger partial charge in [0.2, 0.25) is 0 Å². The Balaban J connectivity index is 2.08. The Hall–Kier alpha value is -1.72. The molecule has 2 rings (SSSR count). The molecule has 5 heteroatoms. The fourth-order valence-electron chi connectivity index (χ4n) is 2.37. The Labute approximate surface area is 123 Å². The standard InChI is InChI=1S/C16H20FNO3/c1-11-10-21-12(2)8-18(11)9-14-5-3-13(7-15(14)17)4-6-16(19)20/h3-7,11-12H,8-10H2,1-2H3,(H,19,20). The number of nitrogens with zero attached hydrogens (tertiary/aromatic N) is 1. The first-order chi connectivity index (χ1) is 9.95. The zero-order valence-corrected chi connectivity index (χ0v) is 12.3. The smallest absolute Gasteiger partial charge is 0.328 e. The van der Waals surface area contributed by atoms with E-state index >= 15 is 0 Å². The van der Waals surface area contributed by atoms with Gasteiger partial charge in [0.1, 0.15) is 5.82 Å². The van der Waals surface area contributed by atoms with E-state index in [1.54, 1.807) is 12.1 Å². The van der Waals surface area contributed by atoms with Gasteiger partial charge in [0, 0.05) is 30.8 Å². The third kappa shape index (κ3) is 4.37. The molecule has 21 heavy (non-hydrogen) atoms. The Bertz CT molecular complexity index is 544. The third-order valence-electron chi connectivity index (χ3n) is 3.61. The fraction of sp³-hybridized carbons (Fsp3) is 0.438. The average Bonchev–Trinajstić information content (AvgIpc) is 2.43. The molecular weight excluding hydrogens is 273 g/mol. The number of carboxylic acid groups (broad SMARTS) is 1. The van der Waals surface area contributed by atoms with E-state index in [9.17, 15) is 9.18 Å². The molecule has 1 aliphatic rings. The third-order valence-corrected chi connectivity index (χ3v) is 3.61. The van der Waals surface area contributed by atoms with Crippen molar-refractivity contribution in [1.29, 1.82) is 0 Å². The molecule has 1 fully saturated rings. The van der Waals surface area contributed by atoms with Gasteiger partial charge in [-0.15, -0.1) is 0 Å². The molecule has 0 aliphatic carbocycles. The highest BCUT2D eigenvalue weighted by atomic mass is 19.1. The van der Waals surface area contributed by atoms with Gasteiger partial charge in [0.15, 0.2) is 0 Å². The summed E-state index contributed by atoms with van der Waals surface area (Å²) in [5.74, 6) is -1.36. The van der Waals surface area contributed by atoms with Gasteiger partial charge in [-0.2, -0.15) is 0 Å². The Kier molecular flexibility index (Phi) is 5.09. The number of carboxylic acids is 1. The lowest BCUT2D eigenvalue weighted by atomic mass is 10.1. The molecule has 1 saturated heterocycles. The van der Waals surface area contributed by atoms with Crippen molar-refractivity contribution in [2.75, 3.05) is 13.2 Å². The van der Waals surface area contributed by atoms with Crippen molar-refractivity contribution in [1.82, 2.24) is 4.90 Å². The maximum absolute atomic E-state index is 14.1. The second-order valence-corrected chi connectivity index (χ2v) is 5.44. The van der Waals surface area contributed by atoms with Crippen LogP contribution in [0.5, 0.6) is 0 Å². The van der Waals surface area contributed by atoms with Gasteiger partial charge in [-0.25, -0.2) is 9.18 Å². The van der Waals surface area contributed by atoms with Crippen LogP contribution < -0.4 is 0 Å². The maximum atomic E-state index is 14.1. The molecular formula is C16H20FNO3. The molecule has 0 amide bonds. The summed E-state index contributed by atoms with van der Waals surface area (Å²) < 4.78 is 19.7. The number of hydrogen-bond donors (Lipinski definition) is 1. The van der Waals surface area contributed by atoms with E-state index < -0.39 is 5.97 Å². The Morgan fingerprint density at radius 1 is 1.52 bits per heavy atom. The van der Waals surface area contributed by atoms with Crippen molar-refractivity contribution < 1.29 is 19.0 Å². The average molecular weight is 293 g/mol. The number of halogens is 1. The lowest BCUT2D eigenvalue weighted by Gasteiger charge is -2.36. The first-order valence-corrected chi connectivity index (χ1v) is 7.01. The monoisotopic (exact) mass is 293 g/mol. The van der Waals surface area contributed by atoms with E-state index in [1.807, 2.05) is 6.92 Å². The molecule has 1 aliphatic heterocycles. The van der Waals surface area contributed by atoms with Gasteiger partial charge >= 0.3 is 5.97 Å². The van der Waals surface area contributed by atoms with E-state index in [0.717, 1.165) is 12.6 Å². The summed E-state index contributed by atoms with van der Waals surface area (Å²) >= 11 is 0. The second-order valence-electron chi connectivity index (χ2n) is 5.44. The van der Waals surface area contributed by atoms with Crippen LogP contribution in [-0.4, -0.2) is 41.3 Å². The predicted molar refractivity (Wildman–Crippen MR) is 78.4 cm³/mol. The van der Waals surface area contributed by atoms with Crippen LogP contribution in [0.3, 0.4) is 0 Å². The van der Waals surface area contributed by atoms with Crippen LogP contribution in [-0.2, 0) is 16.1 Å². The SMILES string of the molecule is CC1CN(Cc2ccc(C=CC(=O)O)cc2F)C(C)CO1. The summed E-state index contributed by atoms with van der Waals surface area (Å²) in [4.78, 5) is 12.6. The summed E-state index contributed by atoms with van der Waals surface area (Å²) in [6.45, 7) is 6.04. The number of aliphatic carboxylic acids is 1. The molecule has 0 radical (unpaired) electrons. The summed E-state index contributed by atoms with van der Waals surface area (Å²) in [6.07, 6.45) is 2.54. The number of rotatable bonds is 4. The molecule has 4 nitrogen and oxygen atoms in total. The van der Waals surface area contributed by atoms with Crippen molar-refractivity contribution in [2.45, 2.75) is 32.5 Å². The molecule has 0 saturated carbocycles. The van der Waals surface area contributed by atoms with Crippen LogP contribution in [0.25, 0.3) is 6.08 Å². The highest BCUT2D eigenvalue weighted by Gasteiger charge is 2.24. The first-order valence-electron chi connectivity index (χ1n) is 7.01. The molecule has 0 spiro atoms. The predicted octanol–water partition coefficient (Wildman–Crippen LogP) is 2.53. The zero-order valence-electron chi connectivity index (χ0n) is 12.3. The molecule has 2 unspecified atom stereocenters. The van der Waals surface area contributed by atoms with Gasteiger partial charge in [-0.05, 0) is 31.6 Å². The topological polar surface area (TPSA) is 49.8 Å². The van der Waals surface area contributed by atoms with Crippen molar-refractivity contribution in [3.8, 4) is 0 Å². The minimum atomic E-state index is -1.05. The molecule has 2 atom stereocenters. The Morgan fingerprint density at radius 2 is 2.29 bits per heavy atom. The highest BCUT2D eigenvalue weighted by molar-refractivity contribution is 5.85. The van der Waals surface area contributed by atoms with Gasteiger partial charge in [0.25, 0.3) is 0 Å². The molecule has 0 aromatic heterocycles. The van der Waals surface area contributed by atoms with Crippen LogP contribution in [0.2, 0.25) is 0 Å². The van der Waals surface area contributed by atoms with Gasteiger partial charge < -0.3 is 9.84 Å². The highest BCUT2D eigenvalue weighted by Crippen LogP contribution is 2.18. The number of hydrogen-bond acceptors (Lipinski definition) is 3. The van der Waals surface area contributed by atoms with Crippen LogP contribution in [0.15, 0.2) is 24.3 Å². The normalized spacial score (nSPS) is 23.6. The molecule has 1 heterocycles. The largest absolute Gasteiger partial charge is 0.478 e. The quantitative estimate of drug-likeness (QED) is 0.867. The van der Waals surface area contributed by atoms with Gasteiger partial charge in [-0.1, -0.05) is 12.1 Å². The van der Waals surface area contributed by atoms with Crippen molar-refractivity contribution in [2.24, 2.45) is 0 Å². The van der Waals surface area contributed by atoms with E-state index in [1.165, 1.54) is 12.1 Å². The van der Waals surface area contributed by atoms with Crippen LogP contribution in [0, 0.1) is 5.82 Å². The molecule has 1 aromatic carbocycles. The summed E-state index contributed by atoms with van der Waals surface area (Å²) in [7, 11) is 0. The van der Waals surface area contributed by atoms with E-state index in [0.29, 0.717) is 24.3 Å². The summed E-state index contributed by atoms with van der Waals surface area (Å²) in [5.41, 5.74) is 1.16. The van der Waals surface area contributed by atoms with Crippen LogP contribution >= 0.6 is 0 Å². The minimum Gasteiger partial charge on any atom is -0.478 e. The number of morpholine rings is 1. The van der Waals surface area contributed by atoms with Crippen LogP contribution in [0.4, 0.5) is 4.39 Å². The van der Waals surface area contributed by atoms with E-state index in [4.69, 9.17) is 9.84 Å². The van der Waals surface area contributed by atoms with E-state index in [-0.39, 0.29) is 18.0 Å². The first kappa shape index (κ1) is 15.7. The summed E-state index contributed by atoms with van der Waals surface area (Å²) in [6, 6.07) is 5.06. The molecule has 114 valence electrons. The summed E-state index contributed by atoms with van der Waals surface area (Å²) in [5, 5.41) is 8.57. The van der Waals surface area contributed by atoms with Crippen LogP contribution in [0.1, 0.15) is 25.0 Å². The Morgan fingerprint density at radius 3 is 2.95 bits per heavy atom. The van der Waals surface area contributed by atoms with Crippen molar-refractivity contribution >= 4 is 12.0 Å². The molecule has 1 N–H and O–H groups in total. The van der Waals surface area contributed by atoms with Gasteiger partial charge in [-0.3, -0.25) is 4.90 Å². The molecule has 1 aromatic rings. The van der Waals surface area contributed by atoms with Gasteiger partial charge in [0.05, 0.1) is 12.7 Å². The second kappa shape index (κ2) is 6.83. The van der Waals surface area contributed by atoms with Crippen molar-refractivity contribution in [3.63, 3.8) is 0 Å². The number of carbonyl (C=O) groups is 1. The number of benzene rings is 1. The maximum Gasteiger partial charge on any atom is 0.328 e. The fourth-order valence-corrected chi connectivity index (χ4v) is 2.37. The lowest BCUT2D eigenvalue weighted by molar-refractivity contribution is -0.131. The van der Waals surface area contributed by atoms with Crippen molar-refractivity contribution in [3.05, 3.63) is 41.2 Å². The zero-order chi connectivity index (χ0) is 15.4. The van der Waals surface area contributed by atoms with E-state index in [2.05, 4.69) is 11.8 Å². The molecule has 0 bridgehead atoms. The minimum absolute atomic E-state index is 0.155.